The van der Waals surface area contributed by atoms with Crippen LogP contribution >= 0.6 is 23.1 Å². The van der Waals surface area contributed by atoms with Gasteiger partial charge in [-0.15, -0.1) is 10.2 Å². The molecule has 47 heavy (non-hydrogen) atoms. The summed E-state index contributed by atoms with van der Waals surface area (Å²) in [4.78, 5) is 79.2. The lowest BCUT2D eigenvalue weighted by molar-refractivity contribution is -0.140. The Morgan fingerprint density at radius 3 is 1.94 bits per heavy atom. The summed E-state index contributed by atoms with van der Waals surface area (Å²) in [5.41, 5.74) is -0.551. The Labute approximate surface area is 264 Å². The van der Waals surface area contributed by atoms with Crippen LogP contribution in [0.3, 0.4) is 0 Å². The van der Waals surface area contributed by atoms with Gasteiger partial charge in [0.15, 0.2) is 6.67 Å². The molecule has 26 heteroatoms. The lowest BCUT2D eigenvalue weighted by Gasteiger charge is -1.75. The molecule has 0 fully saturated rings. The normalized spacial score (nSPS) is 10.9. The fourth-order valence-electron chi connectivity index (χ4n) is 1.69. The summed E-state index contributed by atoms with van der Waals surface area (Å²) in [5, 5.41) is 24.4. The Bertz CT molecular complexity index is 1590. The first-order chi connectivity index (χ1) is 22.8. The minimum Gasteiger partial charge on any atom is -0.395 e. The zero-order valence-corrected chi connectivity index (χ0v) is 24.9. The van der Waals surface area contributed by atoms with Crippen LogP contribution in [0.15, 0.2) is 128 Å². The van der Waals surface area contributed by atoms with Crippen LogP contribution in [-0.2, 0) is 9.63 Å². The van der Waals surface area contributed by atoms with Gasteiger partial charge in [0.2, 0.25) is 11.1 Å². The van der Waals surface area contributed by atoms with E-state index >= 15 is 0 Å². The molecule has 250 valence electrons. The highest BCUT2D eigenvalue weighted by Crippen LogP contribution is 1.90. The fraction of sp³-hybridized carbons (Fsp3) is 0.0952. The lowest BCUT2D eigenvalue weighted by Crippen LogP contribution is -1.93. The Balaban J connectivity index is 0.000000269. The van der Waals surface area contributed by atoms with Gasteiger partial charge in [-0.2, -0.15) is 10.3 Å². The van der Waals surface area contributed by atoms with Crippen molar-refractivity contribution in [3.05, 3.63) is 123 Å². The Hall–Kier alpha value is -6.83. The average molecular weight is 699 g/mol. The van der Waals surface area contributed by atoms with Gasteiger partial charge in [0.1, 0.15) is 18.9 Å². The number of aliphatic imine (C=N–C) groups is 1. The third-order valence-corrected chi connectivity index (χ3v) is 4.56. The number of aromatic amines is 6. The van der Waals surface area contributed by atoms with Crippen LogP contribution in [-0.4, -0.2) is 64.6 Å². The maximum atomic E-state index is 10.1. The Morgan fingerprint density at radius 1 is 0.915 bits per heavy atom. The Morgan fingerprint density at radius 2 is 1.77 bits per heavy atom. The number of carbonyl (C=O) groups is 1. The number of hydrogen-bond acceptors (Lipinski definition) is 20. The number of oxime groups is 1. The molecular formula is C21H22N12O12S2. The van der Waals surface area contributed by atoms with E-state index < -0.39 is 11.5 Å². The van der Waals surface area contributed by atoms with Crippen molar-refractivity contribution >= 4 is 41.6 Å². The van der Waals surface area contributed by atoms with Crippen molar-refractivity contribution in [3.63, 3.8) is 0 Å². The Kier molecular flexibility index (Phi) is 20.8. The molecule has 24 nitrogen and oxygen atoms in total. The summed E-state index contributed by atoms with van der Waals surface area (Å²) in [5.74, 6) is -1.31. The van der Waals surface area contributed by atoms with Gasteiger partial charge in [-0.05, 0) is 11.5 Å². The van der Waals surface area contributed by atoms with Crippen LogP contribution in [0.1, 0.15) is 6.42 Å². The zero-order chi connectivity index (χ0) is 34.4. The van der Waals surface area contributed by atoms with Crippen LogP contribution in [0.25, 0.3) is 0 Å². The van der Waals surface area contributed by atoms with E-state index in [1.54, 1.807) is 11.6 Å². The smallest absolute Gasteiger partial charge is 0.395 e. The quantitative estimate of drug-likeness (QED) is 0.113. The molecule has 0 saturated heterocycles. The number of aromatic nitrogens is 8. The van der Waals surface area contributed by atoms with Crippen LogP contribution in [0.4, 0.5) is 0 Å². The first-order valence-corrected chi connectivity index (χ1v) is 13.5. The highest BCUT2D eigenvalue weighted by atomic mass is 32.1. The molecule has 6 aromatic rings. The number of nitrogens with zero attached hydrogens (tertiary/aromatic N) is 6. The summed E-state index contributed by atoms with van der Waals surface area (Å²) in [6, 6.07) is 5.59. The summed E-state index contributed by atoms with van der Waals surface area (Å²) >= 11 is 2.40. The van der Waals surface area contributed by atoms with Gasteiger partial charge >= 0.3 is 23.1 Å². The van der Waals surface area contributed by atoms with Gasteiger partial charge in [-0.25, -0.2) is 34.4 Å². The fourth-order valence-corrected chi connectivity index (χ4v) is 2.52. The minimum absolute atomic E-state index is 0.0139. The molecule has 0 amide bonds. The van der Waals surface area contributed by atoms with Crippen molar-refractivity contribution in [2.75, 3.05) is 6.67 Å². The second-order valence-corrected chi connectivity index (χ2v) is 8.23. The van der Waals surface area contributed by atoms with E-state index in [9.17, 15) is 33.6 Å². The summed E-state index contributed by atoms with van der Waals surface area (Å²) < 4.78 is 21.7. The highest BCUT2D eigenvalue weighted by molar-refractivity contribution is 7.03. The number of H-pyrrole nitrogens is 6. The van der Waals surface area contributed by atoms with Gasteiger partial charge in [-0.1, -0.05) is 21.8 Å². The molecule has 0 aromatic carbocycles. The molecule has 0 saturated carbocycles. The van der Waals surface area contributed by atoms with Crippen molar-refractivity contribution in [1.82, 2.24) is 39.4 Å². The molecule has 0 radical (unpaired) electrons. The summed E-state index contributed by atoms with van der Waals surface area (Å²) in [6.45, 7) is 0.528. The molecule has 8 heterocycles. The van der Waals surface area contributed by atoms with E-state index in [1.807, 2.05) is 5.10 Å². The van der Waals surface area contributed by atoms with Gasteiger partial charge in [0.25, 0.3) is 11.1 Å². The SMILES string of the molecule is C1=NCN=N1.O=C1CC=NO1.O=c1[nH]cno1.O=c1[nH]nco1.O=c1cc[nH]o1.O=c1cc[nH]s1.O=c1cco[nH]1.O=c1ccs[nH]1. The predicted octanol–water partition coefficient (Wildman–Crippen LogP) is -0.108. The second kappa shape index (κ2) is 25.6. The van der Waals surface area contributed by atoms with Crippen LogP contribution in [0.2, 0.25) is 0 Å². The molecule has 2 aliphatic heterocycles. The molecule has 0 unspecified atom stereocenters. The van der Waals surface area contributed by atoms with Crippen molar-refractivity contribution in [1.29, 1.82) is 0 Å². The number of rotatable bonds is 0. The summed E-state index contributed by atoms with van der Waals surface area (Å²) in [6.07, 6.45) is 9.78. The molecule has 8 rings (SSSR count). The monoisotopic (exact) mass is 698 g/mol. The topological polar surface area (TPSA) is 351 Å². The largest absolute Gasteiger partial charge is 0.438 e. The van der Waals surface area contributed by atoms with E-state index in [0.29, 0.717) is 13.1 Å². The first-order valence-electron chi connectivity index (χ1n) is 11.8. The van der Waals surface area contributed by atoms with E-state index in [1.165, 1.54) is 67.1 Å². The van der Waals surface area contributed by atoms with E-state index in [-0.39, 0.29) is 27.5 Å². The van der Waals surface area contributed by atoms with E-state index in [0.717, 1.165) is 17.9 Å². The van der Waals surface area contributed by atoms with Gasteiger partial charge in [0.05, 0.1) is 12.6 Å². The average Bonchev–Trinajstić information content (AvgIpc) is 3.90. The first kappa shape index (κ1) is 38.2. The summed E-state index contributed by atoms with van der Waals surface area (Å²) in [7, 11) is 0. The molecule has 0 atom stereocenters. The van der Waals surface area contributed by atoms with Gasteiger partial charge in [-0.3, -0.25) is 28.3 Å². The molecule has 6 aromatic heterocycles. The van der Waals surface area contributed by atoms with E-state index in [4.69, 9.17) is 0 Å². The minimum atomic E-state index is -0.519. The number of nitrogens with one attached hydrogen (secondary N) is 6. The van der Waals surface area contributed by atoms with Crippen molar-refractivity contribution in [3.8, 4) is 0 Å². The van der Waals surface area contributed by atoms with Gasteiger partial charge < -0.3 is 22.7 Å². The molecule has 0 aliphatic carbocycles. The zero-order valence-electron chi connectivity index (χ0n) is 23.2. The molecule has 0 spiro atoms. The number of hydrogen-bond donors (Lipinski definition) is 6. The van der Waals surface area contributed by atoms with Crippen molar-refractivity contribution in [2.24, 2.45) is 20.4 Å². The standard InChI is InChI=1S/3C3H3NO2.2C3H3NOS.C2H3N3.2C2H2N2O2/c5-3-1-2-6-4-3;2*5-3-1-2-4-6-3;5-3-1-2-6-4-3;5-3-1-2-4-6-3;1-3-2-5-4-1;5-2-4-3-1-6-2;5-2-3-1-4-6-2/h1-2H,(H,4,5);2H,1H2;1-2,4H;1-2H,(H,4,5);1-2,4H;1H,2H2;1H,(H,4,5);1H,(H,3,4,5). The third kappa shape index (κ3) is 24.3. The van der Waals surface area contributed by atoms with Crippen molar-refractivity contribution < 1.29 is 27.6 Å². The molecule has 6 N–H and O–H groups in total. The van der Waals surface area contributed by atoms with E-state index in [2.05, 4.69) is 77.5 Å². The van der Waals surface area contributed by atoms with Crippen LogP contribution < -0.4 is 33.0 Å². The molecule has 2 aliphatic rings. The molecular weight excluding hydrogens is 676 g/mol. The molecule has 0 bridgehead atoms. The van der Waals surface area contributed by atoms with Crippen LogP contribution in [0, 0.1) is 0 Å². The van der Waals surface area contributed by atoms with Gasteiger partial charge in [0, 0.05) is 42.0 Å². The van der Waals surface area contributed by atoms with Crippen molar-refractivity contribution in [2.45, 2.75) is 6.42 Å². The maximum Gasteiger partial charge on any atom is 0.438 e. The predicted molar refractivity (Wildman–Crippen MR) is 160 cm³/mol. The highest BCUT2D eigenvalue weighted by Gasteiger charge is 2.03. The third-order valence-electron chi connectivity index (χ3n) is 3.37. The second-order valence-electron chi connectivity index (χ2n) is 6.68. The lowest BCUT2D eigenvalue weighted by atomic mass is 10.5. The number of carbonyl (C=O) groups excluding carboxylic acids is 1. The van der Waals surface area contributed by atoms with Crippen LogP contribution in [0.5, 0.6) is 0 Å². The maximum absolute atomic E-state index is 10.1. The number of azo groups is 1.